The fraction of sp³-hybridized carbons (Fsp3) is 0.800. The smallest absolute Gasteiger partial charge is 0.171 e. The molecule has 0 aromatic heterocycles. The molecule has 2 atom stereocenters. The zero-order valence-corrected chi connectivity index (χ0v) is 10.7. The summed E-state index contributed by atoms with van der Waals surface area (Å²) in [7, 11) is -1.03. The maximum absolute atomic E-state index is 5.93. The van der Waals surface area contributed by atoms with E-state index < -0.39 is 9.04 Å². The third-order valence-electron chi connectivity index (χ3n) is 1.89. The van der Waals surface area contributed by atoms with Gasteiger partial charge in [0, 0.05) is 6.04 Å². The van der Waals surface area contributed by atoms with Gasteiger partial charge in [-0.15, -0.1) is 6.58 Å². The molecule has 0 saturated carbocycles. The Morgan fingerprint density at radius 1 is 1.38 bits per heavy atom. The Kier molecular flexibility index (Phi) is 4.89. The van der Waals surface area contributed by atoms with Gasteiger partial charge < -0.3 is 10.2 Å². The Bertz CT molecular complexity index is 163. The average molecular weight is 201 g/mol. The SMILES string of the molecule is C=C[C@@H](N)C(O[SiH](C)C)C(C)(C)C. The minimum atomic E-state index is -1.03. The molecule has 13 heavy (non-hydrogen) atoms. The lowest BCUT2D eigenvalue weighted by Crippen LogP contribution is -2.46. The van der Waals surface area contributed by atoms with Crippen molar-refractivity contribution in [3.05, 3.63) is 12.7 Å². The molecule has 78 valence electrons. The van der Waals surface area contributed by atoms with Crippen LogP contribution in [0, 0.1) is 5.41 Å². The van der Waals surface area contributed by atoms with Gasteiger partial charge in [-0.25, -0.2) is 0 Å². The topological polar surface area (TPSA) is 35.2 Å². The molecule has 0 spiro atoms. The molecule has 0 heterocycles. The minimum absolute atomic E-state index is 0.0603. The highest BCUT2D eigenvalue weighted by molar-refractivity contribution is 6.48. The van der Waals surface area contributed by atoms with E-state index >= 15 is 0 Å². The Morgan fingerprint density at radius 3 is 2.08 bits per heavy atom. The van der Waals surface area contributed by atoms with Crippen molar-refractivity contribution in [2.45, 2.75) is 46.0 Å². The van der Waals surface area contributed by atoms with Crippen LogP contribution in [0.4, 0.5) is 0 Å². The zero-order valence-electron chi connectivity index (χ0n) is 9.50. The summed E-state index contributed by atoms with van der Waals surface area (Å²) in [4.78, 5) is 0. The third kappa shape index (κ3) is 4.60. The Hall–Kier alpha value is -0.123. The fourth-order valence-electron chi connectivity index (χ4n) is 1.29. The van der Waals surface area contributed by atoms with Crippen molar-refractivity contribution in [1.82, 2.24) is 0 Å². The van der Waals surface area contributed by atoms with Crippen molar-refractivity contribution in [2.75, 3.05) is 0 Å². The maximum Gasteiger partial charge on any atom is 0.171 e. The first-order valence-corrected chi connectivity index (χ1v) is 7.60. The van der Waals surface area contributed by atoms with E-state index in [2.05, 4.69) is 40.4 Å². The van der Waals surface area contributed by atoms with Crippen LogP contribution < -0.4 is 5.73 Å². The second-order valence-electron chi connectivity index (χ2n) is 4.78. The van der Waals surface area contributed by atoms with Crippen molar-refractivity contribution in [2.24, 2.45) is 11.1 Å². The second-order valence-corrected chi connectivity index (χ2v) is 7.15. The van der Waals surface area contributed by atoms with Crippen LogP contribution in [0.1, 0.15) is 20.8 Å². The Morgan fingerprint density at radius 2 is 1.85 bits per heavy atom. The van der Waals surface area contributed by atoms with Gasteiger partial charge in [-0.3, -0.25) is 0 Å². The highest BCUT2D eigenvalue weighted by atomic mass is 28.3. The van der Waals surface area contributed by atoms with Crippen molar-refractivity contribution in [3.63, 3.8) is 0 Å². The van der Waals surface area contributed by atoms with Crippen molar-refractivity contribution >= 4 is 9.04 Å². The average Bonchev–Trinajstić information content (AvgIpc) is 1.96. The van der Waals surface area contributed by atoms with Gasteiger partial charge in [0.2, 0.25) is 0 Å². The normalized spacial score (nSPS) is 17.2. The van der Waals surface area contributed by atoms with E-state index in [9.17, 15) is 0 Å². The quantitative estimate of drug-likeness (QED) is 0.557. The molecule has 0 radical (unpaired) electrons. The van der Waals surface area contributed by atoms with Crippen LogP contribution in [0.3, 0.4) is 0 Å². The summed E-state index contributed by atoms with van der Waals surface area (Å²) in [6, 6.07) is -0.0603. The van der Waals surface area contributed by atoms with Gasteiger partial charge in [0.15, 0.2) is 9.04 Å². The molecule has 0 amide bonds. The van der Waals surface area contributed by atoms with Crippen LogP contribution in [0.25, 0.3) is 0 Å². The first-order valence-electron chi connectivity index (χ1n) is 4.82. The molecule has 3 heteroatoms. The standard InChI is InChI=1S/C10H23NOSi/c1-7-8(11)9(10(2,3)4)12-13(5)6/h7-9,13H,1,11H2,2-6H3/t8-,9?/m1/s1. The first-order chi connectivity index (χ1) is 5.79. The number of hydrogen-bond acceptors (Lipinski definition) is 2. The van der Waals surface area contributed by atoms with Crippen LogP contribution in [0.2, 0.25) is 13.1 Å². The number of hydrogen-bond donors (Lipinski definition) is 1. The molecule has 0 rings (SSSR count). The van der Waals surface area contributed by atoms with Crippen LogP contribution >= 0.6 is 0 Å². The summed E-state index contributed by atoms with van der Waals surface area (Å²) < 4.78 is 5.91. The molecule has 2 nitrogen and oxygen atoms in total. The summed E-state index contributed by atoms with van der Waals surface area (Å²) in [5.41, 5.74) is 6.02. The molecule has 2 N–H and O–H groups in total. The largest absolute Gasteiger partial charge is 0.415 e. The summed E-state index contributed by atoms with van der Waals surface area (Å²) in [5, 5.41) is 0. The third-order valence-corrected chi connectivity index (χ3v) is 2.73. The molecule has 0 fully saturated rings. The van der Waals surface area contributed by atoms with Crippen molar-refractivity contribution < 1.29 is 4.43 Å². The monoisotopic (exact) mass is 201 g/mol. The van der Waals surface area contributed by atoms with Gasteiger partial charge in [0.05, 0.1) is 6.10 Å². The summed E-state index contributed by atoms with van der Waals surface area (Å²) in [5.74, 6) is 0. The predicted molar refractivity (Wildman–Crippen MR) is 61.4 cm³/mol. The van der Waals surface area contributed by atoms with E-state index in [4.69, 9.17) is 10.2 Å². The molecule has 0 aliphatic carbocycles. The maximum atomic E-state index is 5.93. The van der Waals surface area contributed by atoms with Crippen molar-refractivity contribution in [3.8, 4) is 0 Å². The summed E-state index contributed by atoms with van der Waals surface area (Å²) in [6.07, 6.45) is 1.86. The van der Waals surface area contributed by atoms with Crippen molar-refractivity contribution in [1.29, 1.82) is 0 Å². The lowest BCUT2D eigenvalue weighted by Gasteiger charge is -2.35. The van der Waals surface area contributed by atoms with Crippen LogP contribution in [0.5, 0.6) is 0 Å². The van der Waals surface area contributed by atoms with Gasteiger partial charge in [0.25, 0.3) is 0 Å². The van der Waals surface area contributed by atoms with Gasteiger partial charge >= 0.3 is 0 Å². The Balaban J connectivity index is 4.46. The van der Waals surface area contributed by atoms with Gasteiger partial charge in [-0.2, -0.15) is 0 Å². The van der Waals surface area contributed by atoms with Crippen LogP contribution in [-0.2, 0) is 4.43 Å². The molecule has 0 aliphatic rings. The van der Waals surface area contributed by atoms with E-state index in [1.54, 1.807) is 6.08 Å². The van der Waals surface area contributed by atoms with Gasteiger partial charge in [0.1, 0.15) is 0 Å². The molecular weight excluding hydrogens is 178 g/mol. The summed E-state index contributed by atoms with van der Waals surface area (Å²) in [6.45, 7) is 14.5. The molecule has 0 aromatic carbocycles. The highest BCUT2D eigenvalue weighted by Crippen LogP contribution is 2.25. The van der Waals surface area contributed by atoms with E-state index in [1.807, 2.05) is 0 Å². The van der Waals surface area contributed by atoms with Crippen LogP contribution in [-0.4, -0.2) is 21.2 Å². The van der Waals surface area contributed by atoms with E-state index in [-0.39, 0.29) is 17.6 Å². The molecule has 0 aromatic rings. The highest BCUT2D eigenvalue weighted by Gasteiger charge is 2.29. The fourth-order valence-corrected chi connectivity index (χ4v) is 2.47. The number of nitrogens with two attached hydrogens (primary N) is 1. The number of rotatable bonds is 4. The van der Waals surface area contributed by atoms with Gasteiger partial charge in [-0.05, 0) is 18.5 Å². The van der Waals surface area contributed by atoms with Gasteiger partial charge in [-0.1, -0.05) is 26.8 Å². The molecule has 0 bridgehead atoms. The molecule has 0 aliphatic heterocycles. The molecule has 1 unspecified atom stereocenters. The summed E-state index contributed by atoms with van der Waals surface area (Å²) >= 11 is 0. The first kappa shape index (κ1) is 12.9. The lowest BCUT2D eigenvalue weighted by molar-refractivity contribution is 0.0754. The van der Waals surface area contributed by atoms with Crippen LogP contribution in [0.15, 0.2) is 12.7 Å². The Labute approximate surface area is 83.9 Å². The molecule has 0 saturated heterocycles. The lowest BCUT2D eigenvalue weighted by atomic mass is 9.85. The molecular formula is C10H23NOSi. The second kappa shape index (κ2) is 4.93. The predicted octanol–water partition coefficient (Wildman–Crippen LogP) is 1.91. The van der Waals surface area contributed by atoms with E-state index in [0.717, 1.165) is 0 Å². The zero-order chi connectivity index (χ0) is 10.6. The minimum Gasteiger partial charge on any atom is -0.415 e. The van der Waals surface area contributed by atoms with E-state index in [1.165, 1.54) is 0 Å². The van der Waals surface area contributed by atoms with E-state index in [0.29, 0.717) is 0 Å².